The lowest BCUT2D eigenvalue weighted by Crippen LogP contribution is -2.20. The summed E-state index contributed by atoms with van der Waals surface area (Å²) in [7, 11) is -2.80. The van der Waals surface area contributed by atoms with Gasteiger partial charge in [-0.2, -0.15) is 0 Å². The third-order valence-electron chi connectivity index (χ3n) is 1.97. The molecule has 0 amide bonds. The monoisotopic (exact) mass is 270 g/mol. The van der Waals surface area contributed by atoms with Crippen molar-refractivity contribution in [3.8, 4) is 0 Å². The van der Waals surface area contributed by atoms with E-state index in [1.54, 1.807) is 0 Å². The van der Waals surface area contributed by atoms with Crippen LogP contribution in [0, 0.1) is 5.41 Å². The van der Waals surface area contributed by atoms with Crippen LogP contribution >= 0.6 is 15.9 Å². The van der Waals surface area contributed by atoms with E-state index >= 15 is 0 Å². The van der Waals surface area contributed by atoms with E-state index in [2.05, 4.69) is 29.8 Å². The third-order valence-corrected chi connectivity index (χ3v) is 5.34. The van der Waals surface area contributed by atoms with Crippen molar-refractivity contribution in [1.82, 2.24) is 0 Å². The maximum atomic E-state index is 11.4. The van der Waals surface area contributed by atoms with Crippen LogP contribution in [0.2, 0.25) is 0 Å². The number of halogens is 1. The number of hydrogen-bond acceptors (Lipinski definition) is 2. The Hall–Kier alpha value is 0.430. The highest BCUT2D eigenvalue weighted by atomic mass is 79.9. The van der Waals surface area contributed by atoms with Crippen LogP contribution in [0.5, 0.6) is 0 Å². The molecule has 0 N–H and O–H groups in total. The topological polar surface area (TPSA) is 34.1 Å². The molecule has 0 aliphatic heterocycles. The van der Waals surface area contributed by atoms with Crippen LogP contribution in [0.3, 0.4) is 0 Å². The third kappa shape index (κ3) is 6.49. The minimum atomic E-state index is -2.80. The van der Waals surface area contributed by atoms with Gasteiger partial charge >= 0.3 is 0 Å². The number of alkyl halides is 1. The molecule has 0 saturated heterocycles. The van der Waals surface area contributed by atoms with Crippen molar-refractivity contribution >= 4 is 25.8 Å². The highest BCUT2D eigenvalue weighted by Crippen LogP contribution is 2.23. The average Bonchev–Trinajstić information content (AvgIpc) is 2.02. The first kappa shape index (κ1) is 13.4. The van der Waals surface area contributed by atoms with E-state index < -0.39 is 9.84 Å². The van der Waals surface area contributed by atoms with Crippen LogP contribution < -0.4 is 0 Å². The van der Waals surface area contributed by atoms with Gasteiger partial charge in [-0.3, -0.25) is 0 Å². The van der Waals surface area contributed by atoms with E-state index in [-0.39, 0.29) is 5.41 Å². The lowest BCUT2D eigenvalue weighted by Gasteiger charge is -2.20. The minimum Gasteiger partial charge on any atom is -0.229 e. The Morgan fingerprint density at radius 3 is 2.15 bits per heavy atom. The van der Waals surface area contributed by atoms with Gasteiger partial charge in [0.05, 0.1) is 5.75 Å². The Labute approximate surface area is 90.2 Å². The van der Waals surface area contributed by atoms with E-state index in [1.807, 2.05) is 6.92 Å². The van der Waals surface area contributed by atoms with Crippen molar-refractivity contribution < 1.29 is 8.42 Å². The number of rotatable bonds is 6. The molecule has 0 aromatic heterocycles. The van der Waals surface area contributed by atoms with Gasteiger partial charge in [0.15, 0.2) is 0 Å². The summed E-state index contributed by atoms with van der Waals surface area (Å²) in [6.45, 7) is 6.04. The van der Waals surface area contributed by atoms with Crippen molar-refractivity contribution in [3.05, 3.63) is 0 Å². The summed E-state index contributed by atoms with van der Waals surface area (Å²) >= 11 is 3.38. The zero-order chi connectivity index (χ0) is 10.5. The Morgan fingerprint density at radius 2 is 1.77 bits per heavy atom. The molecular weight excluding hydrogens is 252 g/mol. The van der Waals surface area contributed by atoms with Crippen LogP contribution in [-0.4, -0.2) is 25.3 Å². The van der Waals surface area contributed by atoms with E-state index in [1.165, 1.54) is 0 Å². The maximum absolute atomic E-state index is 11.4. The Balaban J connectivity index is 4.02. The molecule has 0 rings (SSSR count). The molecule has 2 nitrogen and oxygen atoms in total. The summed E-state index contributed by atoms with van der Waals surface area (Å²) in [4.78, 5) is 0. The molecule has 0 aliphatic carbocycles. The molecule has 0 heterocycles. The van der Waals surface area contributed by atoms with Gasteiger partial charge < -0.3 is 0 Å². The van der Waals surface area contributed by atoms with Gasteiger partial charge in [-0.1, -0.05) is 36.7 Å². The summed E-state index contributed by atoms with van der Waals surface area (Å²) in [6, 6.07) is 0. The summed E-state index contributed by atoms with van der Waals surface area (Å²) in [5, 5.41) is 0.849. The maximum Gasteiger partial charge on any atom is 0.150 e. The molecule has 4 heteroatoms. The van der Waals surface area contributed by atoms with Crippen molar-refractivity contribution in [2.24, 2.45) is 5.41 Å². The number of hydrogen-bond donors (Lipinski definition) is 0. The summed E-state index contributed by atoms with van der Waals surface area (Å²) in [5.41, 5.74) is 0.0841. The van der Waals surface area contributed by atoms with Crippen LogP contribution in [0.1, 0.15) is 33.6 Å². The molecule has 13 heavy (non-hydrogen) atoms. The van der Waals surface area contributed by atoms with Crippen LogP contribution in [0.4, 0.5) is 0 Å². The molecule has 0 aliphatic rings. The Kier molecular flexibility index (Phi) is 5.52. The smallest absolute Gasteiger partial charge is 0.150 e. The fraction of sp³-hybridized carbons (Fsp3) is 1.00. The second-order valence-corrected chi connectivity index (χ2v) is 7.06. The molecule has 0 fully saturated rings. The largest absolute Gasteiger partial charge is 0.229 e. The fourth-order valence-electron chi connectivity index (χ4n) is 0.912. The second kappa shape index (κ2) is 5.35. The van der Waals surface area contributed by atoms with Gasteiger partial charge in [-0.15, -0.1) is 0 Å². The molecule has 0 atom stereocenters. The molecule has 80 valence electrons. The fourth-order valence-corrected chi connectivity index (χ4v) is 2.88. The van der Waals surface area contributed by atoms with Gasteiger partial charge in [0, 0.05) is 11.1 Å². The lowest BCUT2D eigenvalue weighted by atomic mass is 9.93. The molecule has 0 spiro atoms. The van der Waals surface area contributed by atoms with E-state index in [0.717, 1.165) is 18.2 Å². The highest BCUT2D eigenvalue weighted by molar-refractivity contribution is 9.09. The summed E-state index contributed by atoms with van der Waals surface area (Å²) < 4.78 is 22.8. The highest BCUT2D eigenvalue weighted by Gasteiger charge is 2.19. The van der Waals surface area contributed by atoms with Gasteiger partial charge in [-0.05, 0) is 18.3 Å². The molecule has 0 aromatic rings. The molecule has 0 radical (unpaired) electrons. The van der Waals surface area contributed by atoms with Gasteiger partial charge in [0.2, 0.25) is 0 Å². The first-order valence-electron chi connectivity index (χ1n) is 4.59. The van der Waals surface area contributed by atoms with Crippen molar-refractivity contribution in [2.75, 3.05) is 16.8 Å². The standard InChI is InChI=1S/C9H19BrO2S/c1-4-6-13(11,12)7-5-9(2,3)8-10/h4-8H2,1-3H3. The van der Waals surface area contributed by atoms with Crippen LogP contribution in [0.25, 0.3) is 0 Å². The van der Waals surface area contributed by atoms with Crippen LogP contribution in [0.15, 0.2) is 0 Å². The molecule has 0 aromatic carbocycles. The van der Waals surface area contributed by atoms with Gasteiger partial charge in [0.1, 0.15) is 9.84 Å². The van der Waals surface area contributed by atoms with Crippen molar-refractivity contribution in [3.63, 3.8) is 0 Å². The zero-order valence-electron chi connectivity index (χ0n) is 8.64. The van der Waals surface area contributed by atoms with Gasteiger partial charge in [0.25, 0.3) is 0 Å². The molecule has 0 bridgehead atoms. The predicted molar refractivity (Wildman–Crippen MR) is 61.1 cm³/mol. The van der Waals surface area contributed by atoms with Gasteiger partial charge in [-0.25, -0.2) is 8.42 Å². The lowest BCUT2D eigenvalue weighted by molar-refractivity contribution is 0.410. The van der Waals surface area contributed by atoms with E-state index in [4.69, 9.17) is 0 Å². The molecular formula is C9H19BrO2S. The second-order valence-electron chi connectivity index (χ2n) is 4.20. The molecule has 0 unspecified atom stereocenters. The normalized spacial score (nSPS) is 13.2. The summed E-state index contributed by atoms with van der Waals surface area (Å²) in [5.74, 6) is 0.644. The SMILES string of the molecule is CCCS(=O)(=O)CCC(C)(C)CBr. The summed E-state index contributed by atoms with van der Waals surface area (Å²) in [6.07, 6.45) is 1.46. The quantitative estimate of drug-likeness (QED) is 0.696. The average molecular weight is 271 g/mol. The van der Waals surface area contributed by atoms with Crippen LogP contribution in [-0.2, 0) is 9.84 Å². The Morgan fingerprint density at radius 1 is 1.23 bits per heavy atom. The van der Waals surface area contributed by atoms with Crippen molar-refractivity contribution in [1.29, 1.82) is 0 Å². The first-order chi connectivity index (χ1) is 5.83. The van der Waals surface area contributed by atoms with E-state index in [9.17, 15) is 8.42 Å². The first-order valence-corrected chi connectivity index (χ1v) is 7.53. The van der Waals surface area contributed by atoms with Crippen molar-refractivity contribution in [2.45, 2.75) is 33.6 Å². The Bertz CT molecular complexity index is 232. The number of sulfone groups is 1. The molecule has 0 saturated carbocycles. The zero-order valence-corrected chi connectivity index (χ0v) is 11.0. The van der Waals surface area contributed by atoms with E-state index in [0.29, 0.717) is 11.5 Å². The minimum absolute atomic E-state index is 0.0841. The predicted octanol–water partition coefficient (Wildman–Crippen LogP) is 2.62.